The van der Waals surface area contributed by atoms with E-state index in [-0.39, 0.29) is 17.6 Å². The molecule has 128 valence electrons. The molecular weight excluding hydrogens is 325 g/mol. The van der Waals surface area contributed by atoms with Crippen molar-refractivity contribution >= 4 is 22.6 Å². The molecule has 0 aliphatic rings. The lowest BCUT2D eigenvalue weighted by Gasteiger charge is -2.12. The highest BCUT2D eigenvalue weighted by molar-refractivity contribution is 5.92. The van der Waals surface area contributed by atoms with Crippen LogP contribution in [0.1, 0.15) is 11.1 Å². The Morgan fingerprint density at radius 3 is 2.68 bits per heavy atom. The molecule has 0 saturated carbocycles. The Bertz CT molecular complexity index is 1100. The van der Waals surface area contributed by atoms with Crippen LogP contribution in [-0.4, -0.2) is 15.5 Å². The number of carbonyl (C=O) groups excluding carboxylic acids is 1. The van der Waals surface area contributed by atoms with Gasteiger partial charge in [0, 0.05) is 5.69 Å². The number of nitrogens with zero attached hydrogens (tertiary/aromatic N) is 1. The smallest absolute Gasteiger partial charge is 0.317 e. The fourth-order valence-corrected chi connectivity index (χ4v) is 2.61. The monoisotopic (exact) mass is 341 g/mol. The molecule has 0 fully saturated rings. The second-order valence-electron chi connectivity index (χ2n) is 5.87. The summed E-state index contributed by atoms with van der Waals surface area (Å²) >= 11 is 0. The maximum absolute atomic E-state index is 13.3. The van der Waals surface area contributed by atoms with E-state index in [0.29, 0.717) is 5.69 Å². The number of benzene rings is 2. The number of hydrogen-bond acceptors (Lipinski definition) is 3. The Balaban J connectivity index is 1.98. The molecule has 0 unspecified atom stereocenters. The van der Waals surface area contributed by atoms with Crippen molar-refractivity contribution in [1.29, 1.82) is 0 Å². The van der Waals surface area contributed by atoms with Crippen molar-refractivity contribution in [2.24, 2.45) is 0 Å². The summed E-state index contributed by atoms with van der Waals surface area (Å²) in [6.07, 6.45) is 0. The third-order valence-corrected chi connectivity index (χ3v) is 3.91. The predicted molar refractivity (Wildman–Crippen MR) is 93.3 cm³/mol. The fraction of sp³-hybridized carbons (Fsp3) is 0.167. The van der Waals surface area contributed by atoms with E-state index >= 15 is 0 Å². The molecule has 1 amide bonds. The Hall–Kier alpha value is -3.22. The summed E-state index contributed by atoms with van der Waals surface area (Å²) in [5.41, 5.74) is 1.16. The molecule has 1 aromatic heterocycles. The molecule has 0 aliphatic heterocycles. The van der Waals surface area contributed by atoms with Crippen molar-refractivity contribution in [2.75, 3.05) is 5.32 Å². The van der Waals surface area contributed by atoms with Gasteiger partial charge in [0.2, 0.25) is 5.91 Å². The van der Waals surface area contributed by atoms with Gasteiger partial charge >= 0.3 is 11.1 Å². The lowest BCUT2D eigenvalue weighted by atomic mass is 10.1. The molecule has 25 heavy (non-hydrogen) atoms. The van der Waals surface area contributed by atoms with Gasteiger partial charge in [0.25, 0.3) is 0 Å². The summed E-state index contributed by atoms with van der Waals surface area (Å²) in [6.45, 7) is 3.41. The quantitative estimate of drug-likeness (QED) is 0.716. The number of carbonyl (C=O) groups is 1. The molecule has 1 heterocycles. The summed E-state index contributed by atoms with van der Waals surface area (Å²) in [5, 5.41) is 2.74. The molecule has 3 aromatic rings. The summed E-state index contributed by atoms with van der Waals surface area (Å²) in [4.78, 5) is 38.6. The van der Waals surface area contributed by atoms with E-state index in [2.05, 4.69) is 10.3 Å². The van der Waals surface area contributed by atoms with E-state index < -0.39 is 22.8 Å². The summed E-state index contributed by atoms with van der Waals surface area (Å²) in [5.74, 6) is -1.000. The molecule has 0 atom stereocenters. The van der Waals surface area contributed by atoms with Gasteiger partial charge < -0.3 is 10.3 Å². The molecule has 0 radical (unpaired) electrons. The zero-order chi connectivity index (χ0) is 18.1. The Morgan fingerprint density at radius 1 is 1.16 bits per heavy atom. The van der Waals surface area contributed by atoms with Crippen LogP contribution in [0.25, 0.3) is 11.0 Å². The third kappa shape index (κ3) is 3.35. The standard InChI is InChI=1S/C18H16FN3O3/c1-10-3-4-11(2)13(7-10)20-16(23)9-22-15-6-5-12(19)8-14(15)21-17(24)18(22)25/h3-8H,9H2,1-2H3,(H,20,23)(H,21,24). The Morgan fingerprint density at radius 2 is 1.92 bits per heavy atom. The highest BCUT2D eigenvalue weighted by Gasteiger charge is 2.13. The van der Waals surface area contributed by atoms with E-state index in [1.165, 1.54) is 12.1 Å². The van der Waals surface area contributed by atoms with Crippen LogP contribution < -0.4 is 16.4 Å². The minimum absolute atomic E-state index is 0.157. The van der Waals surface area contributed by atoms with Gasteiger partial charge in [0.05, 0.1) is 11.0 Å². The van der Waals surface area contributed by atoms with Crippen LogP contribution in [0.2, 0.25) is 0 Å². The lowest BCUT2D eigenvalue weighted by Crippen LogP contribution is -2.38. The number of nitrogens with one attached hydrogen (secondary N) is 2. The van der Waals surface area contributed by atoms with Crippen molar-refractivity contribution in [2.45, 2.75) is 20.4 Å². The van der Waals surface area contributed by atoms with E-state index in [9.17, 15) is 18.8 Å². The van der Waals surface area contributed by atoms with Crippen LogP contribution in [0.3, 0.4) is 0 Å². The lowest BCUT2D eigenvalue weighted by molar-refractivity contribution is -0.116. The van der Waals surface area contributed by atoms with Gasteiger partial charge in [0.15, 0.2) is 0 Å². The molecular formula is C18H16FN3O3. The predicted octanol–water partition coefficient (Wildman–Crippen LogP) is 2.08. The van der Waals surface area contributed by atoms with Gasteiger partial charge in [-0.25, -0.2) is 4.39 Å². The summed E-state index contributed by atoms with van der Waals surface area (Å²) in [6, 6.07) is 9.25. The van der Waals surface area contributed by atoms with E-state index in [4.69, 9.17) is 0 Å². The molecule has 0 bridgehead atoms. The number of amides is 1. The number of anilines is 1. The third-order valence-electron chi connectivity index (χ3n) is 3.91. The van der Waals surface area contributed by atoms with Gasteiger partial charge in [-0.15, -0.1) is 0 Å². The zero-order valence-electron chi connectivity index (χ0n) is 13.7. The molecule has 0 spiro atoms. The normalized spacial score (nSPS) is 10.8. The zero-order valence-corrected chi connectivity index (χ0v) is 13.7. The molecule has 0 saturated heterocycles. The minimum Gasteiger partial charge on any atom is -0.324 e. The number of aryl methyl sites for hydroxylation is 2. The maximum atomic E-state index is 13.3. The van der Waals surface area contributed by atoms with E-state index in [1.807, 2.05) is 32.0 Å². The van der Waals surface area contributed by atoms with Crippen LogP contribution in [0.4, 0.5) is 10.1 Å². The first kappa shape index (κ1) is 16.6. The second kappa shape index (κ2) is 6.35. The van der Waals surface area contributed by atoms with Crippen molar-refractivity contribution in [3.8, 4) is 0 Å². The van der Waals surface area contributed by atoms with Gasteiger partial charge in [-0.2, -0.15) is 0 Å². The van der Waals surface area contributed by atoms with Gasteiger partial charge in [-0.05, 0) is 49.2 Å². The van der Waals surface area contributed by atoms with Crippen LogP contribution in [0, 0.1) is 19.7 Å². The van der Waals surface area contributed by atoms with E-state index in [1.54, 1.807) is 0 Å². The fourth-order valence-electron chi connectivity index (χ4n) is 2.61. The first-order valence-electron chi connectivity index (χ1n) is 7.64. The second-order valence-corrected chi connectivity index (χ2v) is 5.87. The van der Waals surface area contributed by atoms with Gasteiger partial charge in [-0.3, -0.25) is 19.0 Å². The average molecular weight is 341 g/mol. The molecule has 2 aromatic carbocycles. The van der Waals surface area contributed by atoms with Crippen molar-refractivity contribution < 1.29 is 9.18 Å². The number of aromatic amines is 1. The largest absolute Gasteiger partial charge is 0.324 e. The van der Waals surface area contributed by atoms with Crippen molar-refractivity contribution in [1.82, 2.24) is 9.55 Å². The van der Waals surface area contributed by atoms with Gasteiger partial charge in [0.1, 0.15) is 12.4 Å². The first-order valence-corrected chi connectivity index (χ1v) is 7.64. The molecule has 2 N–H and O–H groups in total. The Labute approximate surface area is 141 Å². The molecule has 7 heteroatoms. The van der Waals surface area contributed by atoms with Crippen LogP contribution in [0.5, 0.6) is 0 Å². The molecule has 3 rings (SSSR count). The van der Waals surface area contributed by atoms with Crippen molar-refractivity contribution in [3.63, 3.8) is 0 Å². The highest BCUT2D eigenvalue weighted by atomic mass is 19.1. The topological polar surface area (TPSA) is 84.0 Å². The first-order chi connectivity index (χ1) is 11.8. The number of aromatic nitrogens is 2. The highest BCUT2D eigenvalue weighted by Crippen LogP contribution is 2.16. The summed E-state index contributed by atoms with van der Waals surface area (Å²) < 4.78 is 14.4. The molecule has 6 nitrogen and oxygen atoms in total. The maximum Gasteiger partial charge on any atom is 0.317 e. The Kier molecular flexibility index (Phi) is 4.22. The van der Waals surface area contributed by atoms with Crippen molar-refractivity contribution in [3.05, 3.63) is 74.0 Å². The number of H-pyrrole nitrogens is 1. The van der Waals surface area contributed by atoms with Crippen LogP contribution >= 0.6 is 0 Å². The number of halogens is 1. The van der Waals surface area contributed by atoms with Crippen LogP contribution in [0.15, 0.2) is 46.0 Å². The number of hydrogen-bond donors (Lipinski definition) is 2. The van der Waals surface area contributed by atoms with E-state index in [0.717, 1.165) is 21.8 Å². The summed E-state index contributed by atoms with van der Waals surface area (Å²) in [7, 11) is 0. The number of rotatable bonds is 3. The molecule has 0 aliphatic carbocycles. The minimum atomic E-state index is -0.905. The van der Waals surface area contributed by atoms with Gasteiger partial charge in [-0.1, -0.05) is 12.1 Å². The average Bonchev–Trinajstić information content (AvgIpc) is 2.55. The van der Waals surface area contributed by atoms with Crippen LogP contribution in [-0.2, 0) is 11.3 Å². The SMILES string of the molecule is Cc1ccc(C)c(NC(=O)Cn2c(=O)c(=O)[nH]c3cc(F)ccc32)c1. The number of fused-ring (bicyclic) bond motifs is 1.